The van der Waals surface area contributed by atoms with Gasteiger partial charge in [-0.05, 0) is 31.8 Å². The van der Waals surface area contributed by atoms with E-state index in [2.05, 4.69) is 19.1 Å². The number of nitrogens with two attached hydrogens (primary N) is 1. The molecule has 2 N–H and O–H groups in total. The van der Waals surface area contributed by atoms with Gasteiger partial charge in [-0.15, -0.1) is 0 Å². The summed E-state index contributed by atoms with van der Waals surface area (Å²) in [5.41, 5.74) is 5.39. The smallest absolute Gasteiger partial charge is 0.405 e. The Hall–Kier alpha value is -1.25. The van der Waals surface area contributed by atoms with Gasteiger partial charge in [0.2, 0.25) is 0 Å². The lowest BCUT2D eigenvalue weighted by Crippen LogP contribution is -2.33. The number of hydrogen-bond acceptors (Lipinski definition) is 2. The van der Waals surface area contributed by atoms with Gasteiger partial charge in [0.25, 0.3) is 0 Å². The van der Waals surface area contributed by atoms with Gasteiger partial charge in [0.05, 0.1) is 0 Å². The molecule has 0 radical (unpaired) electrons. The van der Waals surface area contributed by atoms with Crippen molar-refractivity contribution in [3.05, 3.63) is 23.8 Å². The summed E-state index contributed by atoms with van der Waals surface area (Å²) in [5.74, 6) is 0.491. The van der Waals surface area contributed by atoms with Crippen molar-refractivity contribution in [1.29, 1.82) is 0 Å². The van der Waals surface area contributed by atoms with Gasteiger partial charge >= 0.3 is 6.09 Å². The van der Waals surface area contributed by atoms with Crippen LogP contribution in [-0.2, 0) is 4.74 Å². The second kappa shape index (κ2) is 3.86. The summed E-state index contributed by atoms with van der Waals surface area (Å²) in [6, 6.07) is 0. The van der Waals surface area contributed by atoms with Crippen LogP contribution in [0.4, 0.5) is 4.79 Å². The molecule has 3 heteroatoms. The predicted octanol–water partition coefficient (Wildman–Crippen LogP) is 2.38. The zero-order valence-electron chi connectivity index (χ0n) is 8.91. The Kier molecular flexibility index (Phi) is 2.99. The Morgan fingerprint density at radius 1 is 1.64 bits per heavy atom. The Bertz CT molecular complexity index is 290. The minimum Gasteiger partial charge on any atom is -0.439 e. The molecule has 0 heterocycles. The topological polar surface area (TPSA) is 52.3 Å². The highest BCUT2D eigenvalue weighted by atomic mass is 16.6. The first kappa shape index (κ1) is 10.8. The summed E-state index contributed by atoms with van der Waals surface area (Å²) in [6.45, 7) is 5.81. The van der Waals surface area contributed by atoms with Crippen LogP contribution < -0.4 is 5.73 Å². The van der Waals surface area contributed by atoms with Gasteiger partial charge in [-0.25, -0.2) is 4.79 Å². The molecule has 0 saturated heterocycles. The highest BCUT2D eigenvalue weighted by Gasteiger charge is 2.26. The first-order valence-corrected chi connectivity index (χ1v) is 4.79. The largest absolute Gasteiger partial charge is 0.439 e. The molecular weight excluding hydrogens is 178 g/mol. The lowest BCUT2D eigenvalue weighted by Gasteiger charge is -2.28. The van der Waals surface area contributed by atoms with E-state index in [-0.39, 0.29) is 0 Å². The molecule has 78 valence electrons. The number of carbonyl (C=O) groups excluding carboxylic acids is 1. The molecule has 0 aliphatic heterocycles. The molecule has 14 heavy (non-hydrogen) atoms. The van der Waals surface area contributed by atoms with Gasteiger partial charge in [-0.1, -0.05) is 25.2 Å². The highest BCUT2D eigenvalue weighted by molar-refractivity contribution is 5.65. The van der Waals surface area contributed by atoms with Gasteiger partial charge < -0.3 is 10.5 Å². The molecule has 0 fully saturated rings. The maximum Gasteiger partial charge on any atom is 0.405 e. The second-order valence-corrected chi connectivity index (χ2v) is 4.17. The number of allylic oxidation sites excluding steroid dienone is 2. The minimum absolute atomic E-state index is 0.491. The molecule has 1 unspecified atom stereocenters. The van der Waals surface area contributed by atoms with Crippen molar-refractivity contribution >= 4 is 6.09 Å². The second-order valence-electron chi connectivity index (χ2n) is 4.17. The van der Waals surface area contributed by atoms with E-state index in [1.165, 1.54) is 0 Å². The van der Waals surface area contributed by atoms with Crippen LogP contribution in [-0.4, -0.2) is 11.7 Å². The van der Waals surface area contributed by atoms with Crippen LogP contribution in [0.1, 0.15) is 27.2 Å². The van der Waals surface area contributed by atoms with Crippen LogP contribution in [0.5, 0.6) is 0 Å². The molecule has 0 saturated carbocycles. The Morgan fingerprint density at radius 3 is 2.79 bits per heavy atom. The number of primary amides is 1. The summed E-state index contributed by atoms with van der Waals surface area (Å²) in [7, 11) is 0. The predicted molar refractivity (Wildman–Crippen MR) is 55.8 cm³/mol. The summed E-state index contributed by atoms with van der Waals surface area (Å²) in [6.07, 6.45) is 6.50. The zero-order chi connectivity index (χ0) is 10.8. The van der Waals surface area contributed by atoms with E-state index in [0.717, 1.165) is 12.0 Å². The van der Waals surface area contributed by atoms with Gasteiger partial charge in [0, 0.05) is 0 Å². The first-order chi connectivity index (χ1) is 6.42. The molecule has 0 aromatic heterocycles. The molecular formula is C11H17NO2. The van der Waals surface area contributed by atoms with E-state index >= 15 is 0 Å². The van der Waals surface area contributed by atoms with Crippen molar-refractivity contribution in [3.63, 3.8) is 0 Å². The Labute approximate surface area is 84.6 Å². The molecule has 3 nitrogen and oxygen atoms in total. The summed E-state index contributed by atoms with van der Waals surface area (Å²) in [5, 5.41) is 0. The minimum atomic E-state index is -0.734. The number of carbonyl (C=O) groups is 1. The Morgan fingerprint density at radius 2 is 2.29 bits per heavy atom. The molecule has 0 aromatic carbocycles. The average Bonchev–Trinajstić information content (AvgIpc) is 2.01. The third-order valence-electron chi connectivity index (χ3n) is 2.32. The van der Waals surface area contributed by atoms with Crippen molar-refractivity contribution in [2.45, 2.75) is 32.8 Å². The normalized spacial score (nSPS) is 21.6. The van der Waals surface area contributed by atoms with Gasteiger partial charge in [-0.3, -0.25) is 0 Å². The number of rotatable bonds is 2. The molecule has 1 amide bonds. The van der Waals surface area contributed by atoms with Crippen LogP contribution in [0.15, 0.2) is 23.8 Å². The molecule has 1 aliphatic rings. The fraction of sp³-hybridized carbons (Fsp3) is 0.545. The van der Waals surface area contributed by atoms with Gasteiger partial charge in [-0.2, -0.15) is 0 Å². The molecule has 0 aromatic rings. The van der Waals surface area contributed by atoms with Crippen molar-refractivity contribution in [3.8, 4) is 0 Å². The van der Waals surface area contributed by atoms with Crippen LogP contribution in [0, 0.1) is 5.92 Å². The molecule has 1 atom stereocenters. The summed E-state index contributed by atoms with van der Waals surface area (Å²) in [4.78, 5) is 10.7. The zero-order valence-corrected chi connectivity index (χ0v) is 8.91. The Balaban J connectivity index is 2.81. The standard InChI is InChI=1S/C11H17NO2/c1-8-5-4-6-9(7-8)11(2,3)14-10(12)13/h4,6-8H,5H2,1-3H3,(H2,12,13). The monoisotopic (exact) mass is 195 g/mol. The average molecular weight is 195 g/mol. The summed E-state index contributed by atoms with van der Waals surface area (Å²) >= 11 is 0. The fourth-order valence-electron chi connectivity index (χ4n) is 1.55. The lowest BCUT2D eigenvalue weighted by molar-refractivity contribution is 0.0737. The first-order valence-electron chi connectivity index (χ1n) is 4.79. The van der Waals surface area contributed by atoms with E-state index < -0.39 is 11.7 Å². The lowest BCUT2D eigenvalue weighted by atomic mass is 9.89. The van der Waals surface area contributed by atoms with E-state index in [1.807, 2.05) is 19.9 Å². The number of amides is 1. The van der Waals surface area contributed by atoms with E-state index in [4.69, 9.17) is 10.5 Å². The van der Waals surface area contributed by atoms with E-state index in [0.29, 0.717) is 5.92 Å². The molecule has 1 aliphatic carbocycles. The van der Waals surface area contributed by atoms with Gasteiger partial charge in [0.15, 0.2) is 0 Å². The van der Waals surface area contributed by atoms with Crippen LogP contribution in [0.2, 0.25) is 0 Å². The summed E-state index contributed by atoms with van der Waals surface area (Å²) < 4.78 is 5.04. The maximum atomic E-state index is 10.7. The van der Waals surface area contributed by atoms with Crippen molar-refractivity contribution in [1.82, 2.24) is 0 Å². The van der Waals surface area contributed by atoms with Crippen molar-refractivity contribution < 1.29 is 9.53 Å². The van der Waals surface area contributed by atoms with Gasteiger partial charge in [0.1, 0.15) is 5.60 Å². The third-order valence-corrected chi connectivity index (χ3v) is 2.32. The fourth-order valence-corrected chi connectivity index (χ4v) is 1.55. The third kappa shape index (κ3) is 2.62. The molecule has 1 rings (SSSR count). The van der Waals surface area contributed by atoms with Crippen LogP contribution in [0.25, 0.3) is 0 Å². The van der Waals surface area contributed by atoms with E-state index in [9.17, 15) is 4.79 Å². The van der Waals surface area contributed by atoms with Crippen molar-refractivity contribution in [2.24, 2.45) is 11.7 Å². The number of ether oxygens (including phenoxy) is 1. The molecule has 0 spiro atoms. The molecule has 0 bridgehead atoms. The van der Waals surface area contributed by atoms with Crippen LogP contribution in [0.3, 0.4) is 0 Å². The van der Waals surface area contributed by atoms with Crippen LogP contribution >= 0.6 is 0 Å². The highest BCUT2D eigenvalue weighted by Crippen LogP contribution is 2.27. The maximum absolute atomic E-state index is 10.7. The SMILES string of the molecule is CC1C=C(C(C)(C)OC(N)=O)C=CC1. The number of hydrogen-bond donors (Lipinski definition) is 1. The quantitative estimate of drug-likeness (QED) is 0.735. The van der Waals surface area contributed by atoms with Crippen molar-refractivity contribution in [2.75, 3.05) is 0 Å². The van der Waals surface area contributed by atoms with E-state index in [1.54, 1.807) is 0 Å².